The molecule has 1 aliphatic heterocycles. The Morgan fingerprint density at radius 3 is 2.41 bits per heavy atom. The van der Waals surface area contributed by atoms with E-state index < -0.39 is 16.4 Å². The van der Waals surface area contributed by atoms with Gasteiger partial charge in [0.05, 0.1) is 11.5 Å². The number of halogens is 3. The number of sulfonamides is 1. The normalized spacial score (nSPS) is 16.1. The Hall–Kier alpha value is -2.34. The minimum absolute atomic E-state index is 0.156. The van der Waals surface area contributed by atoms with E-state index in [2.05, 4.69) is 9.64 Å². The van der Waals surface area contributed by atoms with E-state index >= 15 is 0 Å². The van der Waals surface area contributed by atoms with Gasteiger partial charge in [-0.15, -0.1) is 13.2 Å². The summed E-state index contributed by atoms with van der Waals surface area (Å²) in [6.45, 7) is 2.35. The number of piperidine rings is 1. The Bertz CT molecular complexity index is 1040. The number of nitrogens with zero attached hydrogens (tertiary/aromatic N) is 2. The minimum Gasteiger partial charge on any atom is -0.490 e. The number of benzene rings is 2. The first-order chi connectivity index (χ1) is 16.1. The summed E-state index contributed by atoms with van der Waals surface area (Å²) in [6.07, 6.45) is -3.59. The second-order valence-electron chi connectivity index (χ2n) is 8.04. The molecule has 0 spiro atoms. The number of rotatable bonds is 10. The molecule has 2 aromatic rings. The second kappa shape index (κ2) is 11.4. The Balaban J connectivity index is 1.59. The number of likely N-dealkylation sites (tertiary alicyclic amines) is 1. The van der Waals surface area contributed by atoms with Gasteiger partial charge in [0.2, 0.25) is 10.0 Å². The molecule has 0 N–H and O–H groups in total. The number of methoxy groups -OCH3 is 1. The Morgan fingerprint density at radius 1 is 1.06 bits per heavy atom. The van der Waals surface area contributed by atoms with Crippen LogP contribution in [0.3, 0.4) is 0 Å². The molecule has 34 heavy (non-hydrogen) atoms. The lowest BCUT2D eigenvalue weighted by molar-refractivity contribution is -0.274. The predicted molar refractivity (Wildman–Crippen MR) is 120 cm³/mol. The van der Waals surface area contributed by atoms with Gasteiger partial charge in [-0.1, -0.05) is 24.3 Å². The van der Waals surface area contributed by atoms with Crippen molar-refractivity contribution in [3.8, 4) is 11.5 Å². The molecule has 0 aliphatic carbocycles. The van der Waals surface area contributed by atoms with Crippen LogP contribution in [0.1, 0.15) is 18.4 Å². The zero-order valence-electron chi connectivity index (χ0n) is 19.1. The lowest BCUT2D eigenvalue weighted by atomic mass is 10.1. The fraction of sp³-hybridized carbons (Fsp3) is 0.478. The molecule has 2 aromatic carbocycles. The van der Waals surface area contributed by atoms with Crippen LogP contribution in [-0.2, 0) is 21.3 Å². The maximum atomic E-state index is 13.0. The van der Waals surface area contributed by atoms with E-state index in [4.69, 9.17) is 9.47 Å². The summed E-state index contributed by atoms with van der Waals surface area (Å²) in [7, 11) is -0.598. The van der Waals surface area contributed by atoms with Crippen LogP contribution in [0.2, 0.25) is 0 Å². The zero-order valence-corrected chi connectivity index (χ0v) is 19.9. The van der Waals surface area contributed by atoms with Crippen molar-refractivity contribution in [1.29, 1.82) is 0 Å². The summed E-state index contributed by atoms with van der Waals surface area (Å²) in [5, 5.41) is 0. The monoisotopic (exact) mass is 502 g/mol. The molecule has 11 heteroatoms. The van der Waals surface area contributed by atoms with Crippen molar-refractivity contribution in [3.63, 3.8) is 0 Å². The van der Waals surface area contributed by atoms with Crippen LogP contribution < -0.4 is 9.47 Å². The molecule has 3 rings (SSSR count). The molecule has 1 heterocycles. The molecule has 0 radical (unpaired) electrons. The van der Waals surface area contributed by atoms with Crippen molar-refractivity contribution in [2.75, 3.05) is 40.4 Å². The maximum Gasteiger partial charge on any atom is 0.573 e. The first-order valence-electron chi connectivity index (χ1n) is 10.9. The predicted octanol–water partition coefficient (Wildman–Crippen LogP) is 3.90. The standard InChI is InChI=1S/C23H29F3N2O5S/c1-27(14-15-31-2)34(29,30)22-9-4-3-6-18(22)17-28-12-10-19(11-13-28)32-20-7-5-8-21(16-20)33-23(24,25)26/h3-9,16,19H,10-15,17H2,1-2H3. The summed E-state index contributed by atoms with van der Waals surface area (Å²) >= 11 is 0. The molecule has 188 valence electrons. The van der Waals surface area contributed by atoms with Gasteiger partial charge in [0.15, 0.2) is 0 Å². The van der Waals surface area contributed by atoms with Crippen LogP contribution in [-0.4, -0.2) is 70.5 Å². The van der Waals surface area contributed by atoms with Gasteiger partial charge >= 0.3 is 6.36 Å². The topological polar surface area (TPSA) is 68.3 Å². The maximum absolute atomic E-state index is 13.0. The largest absolute Gasteiger partial charge is 0.573 e. The zero-order chi connectivity index (χ0) is 24.8. The lowest BCUT2D eigenvalue weighted by Crippen LogP contribution is -2.38. The molecular weight excluding hydrogens is 473 g/mol. The Morgan fingerprint density at radius 2 is 1.74 bits per heavy atom. The van der Waals surface area contributed by atoms with Gasteiger partial charge in [-0.05, 0) is 36.6 Å². The van der Waals surface area contributed by atoms with E-state index in [1.807, 2.05) is 12.1 Å². The first-order valence-corrected chi connectivity index (χ1v) is 12.3. The van der Waals surface area contributed by atoms with E-state index in [1.54, 1.807) is 18.2 Å². The number of alkyl halides is 3. The van der Waals surface area contributed by atoms with E-state index in [9.17, 15) is 21.6 Å². The Labute approximate surface area is 198 Å². The molecule has 0 saturated carbocycles. The van der Waals surface area contributed by atoms with Crippen LogP contribution in [0.15, 0.2) is 53.4 Å². The lowest BCUT2D eigenvalue weighted by Gasteiger charge is -2.32. The van der Waals surface area contributed by atoms with Crippen molar-refractivity contribution in [1.82, 2.24) is 9.21 Å². The highest BCUT2D eigenvalue weighted by Gasteiger charge is 2.31. The second-order valence-corrected chi connectivity index (χ2v) is 10.1. The summed E-state index contributed by atoms with van der Waals surface area (Å²) < 4.78 is 79.5. The molecule has 0 aromatic heterocycles. The van der Waals surface area contributed by atoms with Crippen molar-refractivity contribution in [2.45, 2.75) is 36.7 Å². The highest BCUT2D eigenvalue weighted by Crippen LogP contribution is 2.28. The molecule has 1 fully saturated rings. The number of hydrogen-bond donors (Lipinski definition) is 0. The molecule has 0 amide bonds. The van der Waals surface area contributed by atoms with Gasteiger partial charge in [0.1, 0.15) is 17.6 Å². The number of likely N-dealkylation sites (N-methyl/N-ethyl adjacent to an activating group) is 1. The molecule has 0 unspecified atom stereocenters. The summed E-state index contributed by atoms with van der Waals surface area (Å²) in [4.78, 5) is 2.42. The fourth-order valence-electron chi connectivity index (χ4n) is 3.76. The highest BCUT2D eigenvalue weighted by atomic mass is 32.2. The molecule has 1 saturated heterocycles. The molecule has 0 bridgehead atoms. The SMILES string of the molecule is COCCN(C)S(=O)(=O)c1ccccc1CN1CCC(Oc2cccc(OC(F)(F)F)c2)CC1. The third-order valence-electron chi connectivity index (χ3n) is 5.54. The van der Waals surface area contributed by atoms with Crippen molar-refractivity contribution < 1.29 is 35.8 Å². The van der Waals surface area contributed by atoms with E-state index in [1.165, 1.54) is 36.7 Å². The van der Waals surface area contributed by atoms with Crippen molar-refractivity contribution in [2.24, 2.45) is 0 Å². The minimum atomic E-state index is -4.76. The fourth-order valence-corrected chi connectivity index (χ4v) is 5.12. The third-order valence-corrected chi connectivity index (χ3v) is 7.50. The summed E-state index contributed by atoms with van der Waals surface area (Å²) in [5.74, 6) is -0.00791. The first kappa shape index (κ1) is 26.3. The quantitative estimate of drug-likeness (QED) is 0.491. The molecular formula is C23H29F3N2O5S. The summed E-state index contributed by atoms with van der Waals surface area (Å²) in [5.41, 5.74) is 0.711. The van der Waals surface area contributed by atoms with Crippen molar-refractivity contribution in [3.05, 3.63) is 54.1 Å². The van der Waals surface area contributed by atoms with E-state index in [0.29, 0.717) is 50.4 Å². The van der Waals surface area contributed by atoms with Gasteiger partial charge in [0, 0.05) is 46.4 Å². The van der Waals surface area contributed by atoms with Crippen LogP contribution in [0.5, 0.6) is 11.5 Å². The highest BCUT2D eigenvalue weighted by molar-refractivity contribution is 7.89. The average molecular weight is 503 g/mol. The molecule has 7 nitrogen and oxygen atoms in total. The van der Waals surface area contributed by atoms with Gasteiger partial charge < -0.3 is 14.2 Å². The third kappa shape index (κ3) is 7.33. The van der Waals surface area contributed by atoms with Gasteiger partial charge in [-0.25, -0.2) is 8.42 Å². The molecule has 1 aliphatic rings. The summed E-state index contributed by atoms with van der Waals surface area (Å²) in [6, 6.07) is 12.4. The van der Waals surface area contributed by atoms with Gasteiger partial charge in [0.25, 0.3) is 0 Å². The average Bonchev–Trinajstić information content (AvgIpc) is 2.78. The van der Waals surface area contributed by atoms with Crippen LogP contribution in [0.25, 0.3) is 0 Å². The van der Waals surface area contributed by atoms with Crippen LogP contribution >= 0.6 is 0 Å². The molecule has 0 atom stereocenters. The van der Waals surface area contributed by atoms with E-state index in [-0.39, 0.29) is 23.3 Å². The van der Waals surface area contributed by atoms with Crippen LogP contribution in [0, 0.1) is 0 Å². The number of ether oxygens (including phenoxy) is 3. The number of hydrogen-bond acceptors (Lipinski definition) is 6. The van der Waals surface area contributed by atoms with Crippen molar-refractivity contribution >= 4 is 10.0 Å². The smallest absolute Gasteiger partial charge is 0.490 e. The van der Waals surface area contributed by atoms with Crippen LogP contribution in [0.4, 0.5) is 13.2 Å². The van der Waals surface area contributed by atoms with Gasteiger partial charge in [-0.3, -0.25) is 4.90 Å². The van der Waals surface area contributed by atoms with Gasteiger partial charge in [-0.2, -0.15) is 4.31 Å². The Kier molecular flexibility index (Phi) is 8.80. The van der Waals surface area contributed by atoms with E-state index in [0.717, 1.165) is 0 Å².